The smallest absolute Gasteiger partial charge is 0.225 e. The molecule has 3 rings (SSSR count). The van der Waals surface area contributed by atoms with Crippen molar-refractivity contribution in [2.45, 2.75) is 31.3 Å². The molecule has 2 aliphatic rings. The monoisotopic (exact) mass is 307 g/mol. The molecule has 0 atom stereocenters. The van der Waals surface area contributed by atoms with Gasteiger partial charge in [-0.25, -0.2) is 4.39 Å². The molecule has 0 N–H and O–H groups in total. The maximum Gasteiger partial charge on any atom is 0.225 e. The van der Waals surface area contributed by atoms with Gasteiger partial charge in [-0.15, -0.1) is 0 Å². The van der Waals surface area contributed by atoms with E-state index in [0.29, 0.717) is 32.6 Å². The van der Waals surface area contributed by atoms with E-state index in [1.165, 1.54) is 12.3 Å². The van der Waals surface area contributed by atoms with E-state index < -0.39 is 0 Å². The minimum absolute atomic E-state index is 0.165. The summed E-state index contributed by atoms with van der Waals surface area (Å²) >= 11 is 0. The maximum atomic E-state index is 13.2. The van der Waals surface area contributed by atoms with Crippen molar-refractivity contribution in [2.75, 3.05) is 38.2 Å². The summed E-state index contributed by atoms with van der Waals surface area (Å²) < 4.78 is 18.8. The van der Waals surface area contributed by atoms with Crippen LogP contribution in [0.2, 0.25) is 0 Å². The summed E-state index contributed by atoms with van der Waals surface area (Å²) in [4.78, 5) is 20.3. The number of nitrogens with zero attached hydrogens (tertiary/aromatic N) is 3. The fourth-order valence-corrected chi connectivity index (χ4v) is 3.20. The summed E-state index contributed by atoms with van der Waals surface area (Å²) in [5, 5.41) is 0. The van der Waals surface area contributed by atoms with E-state index >= 15 is 0 Å². The highest BCUT2D eigenvalue weighted by atomic mass is 19.1. The number of hydrogen-bond donors (Lipinski definition) is 0. The van der Waals surface area contributed by atoms with Crippen molar-refractivity contribution in [3.63, 3.8) is 0 Å². The number of aromatic nitrogens is 1. The average Bonchev–Trinajstić information content (AvgIpc) is 2.51. The number of halogens is 1. The van der Waals surface area contributed by atoms with Crippen molar-refractivity contribution in [3.8, 4) is 0 Å². The Hall–Kier alpha value is -1.69. The molecule has 0 spiro atoms. The second-order valence-electron chi connectivity index (χ2n) is 6.15. The third-order valence-electron chi connectivity index (χ3n) is 4.86. The van der Waals surface area contributed by atoms with Crippen molar-refractivity contribution < 1.29 is 13.9 Å². The molecule has 2 heterocycles. The van der Waals surface area contributed by atoms with Crippen LogP contribution in [-0.2, 0) is 9.53 Å². The highest BCUT2D eigenvalue weighted by molar-refractivity contribution is 5.77. The molecule has 1 aromatic heterocycles. The first-order valence-electron chi connectivity index (χ1n) is 7.80. The van der Waals surface area contributed by atoms with Crippen LogP contribution in [0.3, 0.4) is 0 Å². The Morgan fingerprint density at radius 3 is 2.59 bits per heavy atom. The van der Waals surface area contributed by atoms with Gasteiger partial charge < -0.3 is 14.5 Å². The third-order valence-corrected chi connectivity index (χ3v) is 4.86. The van der Waals surface area contributed by atoms with Crippen LogP contribution in [0, 0.1) is 5.82 Å². The predicted molar refractivity (Wildman–Crippen MR) is 81.2 cm³/mol. The molecule has 0 radical (unpaired) electrons. The van der Waals surface area contributed by atoms with Crippen molar-refractivity contribution in [1.29, 1.82) is 0 Å². The van der Waals surface area contributed by atoms with Crippen molar-refractivity contribution in [1.82, 2.24) is 9.88 Å². The minimum Gasteiger partial charge on any atom is -0.378 e. The molecular weight excluding hydrogens is 285 g/mol. The quantitative estimate of drug-likeness (QED) is 0.851. The number of piperazine rings is 1. The average molecular weight is 307 g/mol. The van der Waals surface area contributed by atoms with E-state index in [1.54, 1.807) is 13.3 Å². The molecule has 0 aromatic carbocycles. The van der Waals surface area contributed by atoms with Crippen LogP contribution in [0.15, 0.2) is 18.5 Å². The standard InChI is InChI=1S/C16H22FN3O2/c1-22-16(3-2-4-16)10-15(21)20-7-5-19(6-8-20)14-9-13(17)11-18-12-14/h9,11-12H,2-8,10H2,1H3. The SMILES string of the molecule is COC1(CC(=O)N2CCN(c3cncc(F)c3)CC2)CCC1. The van der Waals surface area contributed by atoms with Gasteiger partial charge in [-0.05, 0) is 19.3 Å². The zero-order valence-electron chi connectivity index (χ0n) is 12.9. The minimum atomic E-state index is -0.331. The van der Waals surface area contributed by atoms with Gasteiger partial charge in [-0.2, -0.15) is 0 Å². The van der Waals surface area contributed by atoms with Gasteiger partial charge in [0.2, 0.25) is 5.91 Å². The van der Waals surface area contributed by atoms with Crippen LogP contribution in [-0.4, -0.2) is 54.7 Å². The fraction of sp³-hybridized carbons (Fsp3) is 0.625. The zero-order chi connectivity index (χ0) is 15.6. The molecule has 0 bridgehead atoms. The van der Waals surface area contributed by atoms with Gasteiger partial charge in [0.15, 0.2) is 0 Å². The van der Waals surface area contributed by atoms with Crippen LogP contribution in [0.4, 0.5) is 10.1 Å². The van der Waals surface area contributed by atoms with Crippen molar-refractivity contribution in [3.05, 3.63) is 24.3 Å². The molecule has 6 heteroatoms. The van der Waals surface area contributed by atoms with Crippen LogP contribution >= 0.6 is 0 Å². The highest BCUT2D eigenvalue weighted by Crippen LogP contribution is 2.38. The summed E-state index contributed by atoms with van der Waals surface area (Å²) in [7, 11) is 1.70. The first-order chi connectivity index (χ1) is 10.6. The molecule has 1 aromatic rings. The molecule has 1 saturated carbocycles. The number of carbonyl (C=O) groups is 1. The number of hydrogen-bond acceptors (Lipinski definition) is 4. The second kappa shape index (κ2) is 6.20. The number of anilines is 1. The molecule has 1 aliphatic heterocycles. The van der Waals surface area contributed by atoms with Gasteiger partial charge in [0.25, 0.3) is 0 Å². The molecule has 120 valence electrons. The number of amides is 1. The van der Waals surface area contributed by atoms with Crippen molar-refractivity contribution in [2.24, 2.45) is 0 Å². The third kappa shape index (κ3) is 3.06. The first-order valence-corrected chi connectivity index (χ1v) is 7.80. The Kier molecular flexibility index (Phi) is 4.29. The van der Waals surface area contributed by atoms with Crippen LogP contribution in [0.1, 0.15) is 25.7 Å². The van der Waals surface area contributed by atoms with E-state index in [4.69, 9.17) is 4.74 Å². The Bertz CT molecular complexity index is 534. The second-order valence-corrected chi connectivity index (χ2v) is 6.15. The van der Waals surface area contributed by atoms with Crippen LogP contribution < -0.4 is 4.90 Å². The van der Waals surface area contributed by atoms with Gasteiger partial charge in [-0.3, -0.25) is 9.78 Å². The molecule has 2 fully saturated rings. The predicted octanol–water partition coefficient (Wildman–Crippen LogP) is 1.83. The Morgan fingerprint density at radius 2 is 2.05 bits per heavy atom. The summed E-state index contributed by atoms with van der Waals surface area (Å²) in [6, 6.07) is 1.48. The van der Waals surface area contributed by atoms with Crippen LogP contribution in [0.5, 0.6) is 0 Å². The van der Waals surface area contributed by atoms with E-state index in [1.807, 2.05) is 4.90 Å². The molecule has 1 amide bonds. The summed E-state index contributed by atoms with van der Waals surface area (Å²) in [5.74, 6) is -0.165. The van der Waals surface area contributed by atoms with Gasteiger partial charge in [0.05, 0.1) is 30.1 Å². The first kappa shape index (κ1) is 15.2. The number of pyridine rings is 1. The molecule has 0 unspecified atom stereocenters. The maximum absolute atomic E-state index is 13.2. The molecule has 1 aliphatic carbocycles. The summed E-state index contributed by atoms with van der Waals surface area (Å²) in [6.07, 6.45) is 6.43. The van der Waals surface area contributed by atoms with E-state index in [9.17, 15) is 9.18 Å². The number of carbonyl (C=O) groups excluding carboxylic acids is 1. The highest BCUT2D eigenvalue weighted by Gasteiger charge is 2.40. The Labute approximate surface area is 130 Å². The lowest BCUT2D eigenvalue weighted by molar-refractivity contribution is -0.144. The van der Waals surface area contributed by atoms with Crippen molar-refractivity contribution >= 4 is 11.6 Å². The molecule has 1 saturated heterocycles. The van der Waals surface area contributed by atoms with Gasteiger partial charge in [0, 0.05) is 39.4 Å². The van der Waals surface area contributed by atoms with Crippen LogP contribution in [0.25, 0.3) is 0 Å². The van der Waals surface area contributed by atoms with Gasteiger partial charge in [0.1, 0.15) is 5.82 Å². The number of methoxy groups -OCH3 is 1. The van der Waals surface area contributed by atoms with Gasteiger partial charge in [-0.1, -0.05) is 0 Å². The van der Waals surface area contributed by atoms with Gasteiger partial charge >= 0.3 is 0 Å². The van der Waals surface area contributed by atoms with E-state index in [-0.39, 0.29) is 17.3 Å². The number of rotatable bonds is 4. The largest absolute Gasteiger partial charge is 0.378 e. The lowest BCUT2D eigenvalue weighted by Gasteiger charge is -2.42. The molecular formula is C16H22FN3O2. The summed E-state index contributed by atoms with van der Waals surface area (Å²) in [6.45, 7) is 2.73. The lowest BCUT2D eigenvalue weighted by atomic mass is 9.77. The lowest BCUT2D eigenvalue weighted by Crippen LogP contribution is -2.52. The Balaban J connectivity index is 1.54. The van der Waals surface area contributed by atoms with E-state index in [0.717, 1.165) is 24.9 Å². The normalized spacial score (nSPS) is 20.6. The molecule has 22 heavy (non-hydrogen) atoms. The zero-order valence-corrected chi connectivity index (χ0v) is 12.9. The summed E-state index contributed by atoms with van der Waals surface area (Å²) in [5.41, 5.74) is 0.556. The Morgan fingerprint density at radius 1 is 1.32 bits per heavy atom. The fourth-order valence-electron chi connectivity index (χ4n) is 3.20. The molecule has 5 nitrogen and oxygen atoms in total. The van der Waals surface area contributed by atoms with E-state index in [2.05, 4.69) is 9.88 Å². The topological polar surface area (TPSA) is 45.7 Å². The number of ether oxygens (including phenoxy) is 1.